The second kappa shape index (κ2) is 6.22. The van der Waals surface area contributed by atoms with Crippen molar-refractivity contribution in [1.82, 2.24) is 29.5 Å². The van der Waals surface area contributed by atoms with Crippen molar-refractivity contribution >= 4 is 16.6 Å². The summed E-state index contributed by atoms with van der Waals surface area (Å²) in [6, 6.07) is 8.03. The molecule has 30 heavy (non-hydrogen) atoms. The van der Waals surface area contributed by atoms with Crippen molar-refractivity contribution in [2.75, 3.05) is 6.54 Å². The lowest BCUT2D eigenvalue weighted by Gasteiger charge is -2.31. The SMILES string of the molecule is Cc1cn2nc(-c3ccc4c(=O)n([C@@H]5CCNC6(CC6)C5)ccc4n3)cc(C)c2n1. The fourth-order valence-electron chi connectivity index (χ4n) is 4.84. The quantitative estimate of drug-likeness (QED) is 0.559. The first-order valence-electron chi connectivity index (χ1n) is 10.6. The van der Waals surface area contributed by atoms with Gasteiger partial charge in [-0.3, -0.25) is 4.79 Å². The number of hydrogen-bond donors (Lipinski definition) is 1. The van der Waals surface area contributed by atoms with E-state index in [-0.39, 0.29) is 17.1 Å². The minimum absolute atomic E-state index is 0.0547. The van der Waals surface area contributed by atoms with E-state index in [1.54, 1.807) is 4.52 Å². The number of nitrogens with zero attached hydrogens (tertiary/aromatic N) is 5. The van der Waals surface area contributed by atoms with Gasteiger partial charge in [-0.25, -0.2) is 14.5 Å². The number of nitrogens with one attached hydrogen (secondary N) is 1. The van der Waals surface area contributed by atoms with E-state index < -0.39 is 0 Å². The molecule has 152 valence electrons. The molecule has 7 nitrogen and oxygen atoms in total. The third kappa shape index (κ3) is 2.76. The Morgan fingerprint density at radius 3 is 2.83 bits per heavy atom. The maximum absolute atomic E-state index is 13.2. The molecule has 2 fully saturated rings. The minimum Gasteiger partial charge on any atom is -0.312 e. The van der Waals surface area contributed by atoms with Gasteiger partial charge in [0.1, 0.15) is 5.69 Å². The van der Waals surface area contributed by atoms with E-state index in [9.17, 15) is 4.79 Å². The van der Waals surface area contributed by atoms with Gasteiger partial charge in [0, 0.05) is 17.8 Å². The van der Waals surface area contributed by atoms with E-state index in [0.717, 1.165) is 47.7 Å². The van der Waals surface area contributed by atoms with Crippen LogP contribution in [0.5, 0.6) is 0 Å². The summed E-state index contributed by atoms with van der Waals surface area (Å²) < 4.78 is 3.72. The predicted molar refractivity (Wildman–Crippen MR) is 116 cm³/mol. The number of fused-ring (bicyclic) bond motifs is 2. The average Bonchev–Trinajstić information content (AvgIpc) is 3.35. The first kappa shape index (κ1) is 17.8. The van der Waals surface area contributed by atoms with Crippen LogP contribution < -0.4 is 10.9 Å². The van der Waals surface area contributed by atoms with Gasteiger partial charge in [0.2, 0.25) is 0 Å². The number of rotatable bonds is 2. The molecule has 0 aromatic carbocycles. The Morgan fingerprint density at radius 1 is 1.13 bits per heavy atom. The Balaban J connectivity index is 1.41. The van der Waals surface area contributed by atoms with Crippen molar-refractivity contribution in [1.29, 1.82) is 0 Å². The van der Waals surface area contributed by atoms with Crippen LogP contribution in [0.25, 0.3) is 27.9 Å². The molecule has 4 aromatic rings. The van der Waals surface area contributed by atoms with Crippen LogP contribution in [-0.4, -0.2) is 36.2 Å². The van der Waals surface area contributed by atoms with E-state index in [1.165, 1.54) is 12.8 Å². The summed E-state index contributed by atoms with van der Waals surface area (Å²) in [5, 5.41) is 8.97. The smallest absolute Gasteiger partial charge is 0.260 e. The van der Waals surface area contributed by atoms with E-state index in [2.05, 4.69) is 15.4 Å². The number of pyridine rings is 2. The maximum atomic E-state index is 13.2. The van der Waals surface area contributed by atoms with E-state index >= 15 is 0 Å². The van der Waals surface area contributed by atoms with Crippen LogP contribution in [0.4, 0.5) is 0 Å². The van der Waals surface area contributed by atoms with Gasteiger partial charge in [-0.15, -0.1) is 0 Å². The molecule has 1 spiro atoms. The van der Waals surface area contributed by atoms with Gasteiger partial charge in [0.05, 0.1) is 28.5 Å². The Labute approximate surface area is 173 Å². The summed E-state index contributed by atoms with van der Waals surface area (Å²) >= 11 is 0. The number of aryl methyl sites for hydroxylation is 2. The average molecular weight is 400 g/mol. The van der Waals surface area contributed by atoms with E-state index in [4.69, 9.17) is 4.98 Å². The molecule has 4 aromatic heterocycles. The van der Waals surface area contributed by atoms with Gasteiger partial charge < -0.3 is 9.88 Å². The highest BCUT2D eigenvalue weighted by atomic mass is 16.1. The molecular weight excluding hydrogens is 376 g/mol. The van der Waals surface area contributed by atoms with Gasteiger partial charge in [-0.1, -0.05) is 0 Å². The lowest BCUT2D eigenvalue weighted by molar-refractivity contribution is 0.282. The van der Waals surface area contributed by atoms with Gasteiger partial charge in [-0.2, -0.15) is 5.10 Å². The zero-order valence-corrected chi connectivity index (χ0v) is 17.2. The molecule has 1 N–H and O–H groups in total. The fourth-order valence-corrected chi connectivity index (χ4v) is 4.84. The van der Waals surface area contributed by atoms with Crippen molar-refractivity contribution in [3.63, 3.8) is 0 Å². The zero-order valence-electron chi connectivity index (χ0n) is 17.2. The normalized spacial score (nSPS) is 20.3. The van der Waals surface area contributed by atoms with Crippen LogP contribution in [0, 0.1) is 13.8 Å². The van der Waals surface area contributed by atoms with Crippen LogP contribution in [0.15, 0.2) is 41.5 Å². The molecule has 5 heterocycles. The molecule has 1 saturated carbocycles. The van der Waals surface area contributed by atoms with Crippen molar-refractivity contribution in [2.45, 2.75) is 51.1 Å². The number of imidazole rings is 1. The first-order valence-corrected chi connectivity index (χ1v) is 10.6. The molecule has 1 saturated heterocycles. The highest BCUT2D eigenvalue weighted by molar-refractivity contribution is 5.80. The Morgan fingerprint density at radius 2 is 2.00 bits per heavy atom. The molecule has 0 bridgehead atoms. The summed E-state index contributed by atoms with van der Waals surface area (Å²) in [6.45, 7) is 4.96. The minimum atomic E-state index is 0.0547. The molecule has 2 aliphatic rings. The number of hydrogen-bond acceptors (Lipinski definition) is 5. The predicted octanol–water partition coefficient (Wildman–Crippen LogP) is 3.18. The van der Waals surface area contributed by atoms with Crippen molar-refractivity contribution in [3.05, 3.63) is 58.3 Å². The largest absolute Gasteiger partial charge is 0.312 e. The highest BCUT2D eigenvalue weighted by Gasteiger charge is 2.46. The highest BCUT2D eigenvalue weighted by Crippen LogP contribution is 2.45. The van der Waals surface area contributed by atoms with Crippen LogP contribution in [-0.2, 0) is 0 Å². The molecule has 6 rings (SSSR count). The van der Waals surface area contributed by atoms with Crippen LogP contribution in [0.3, 0.4) is 0 Å². The Hall–Kier alpha value is -3.06. The number of aromatic nitrogens is 5. The van der Waals surface area contributed by atoms with Crippen LogP contribution in [0.1, 0.15) is 43.0 Å². The Kier molecular flexibility index (Phi) is 3.68. The Bertz CT molecular complexity index is 1360. The lowest BCUT2D eigenvalue weighted by atomic mass is 9.97. The van der Waals surface area contributed by atoms with Crippen molar-refractivity contribution in [2.24, 2.45) is 0 Å². The topological polar surface area (TPSA) is 77.1 Å². The molecular formula is C23H24N6O. The third-order valence-electron chi connectivity index (χ3n) is 6.63. The van der Waals surface area contributed by atoms with E-state index in [0.29, 0.717) is 10.9 Å². The molecule has 1 aliphatic carbocycles. The van der Waals surface area contributed by atoms with Gasteiger partial charge in [-0.05, 0) is 75.9 Å². The monoisotopic (exact) mass is 400 g/mol. The standard InChI is InChI=1S/C23H24N6O/c1-14-11-20(27-29-13-15(2)25-21(14)29)19-4-3-17-18(26-19)6-10-28(22(17)30)16-5-9-24-23(12-16)7-8-23/h3-4,6,10-11,13,16,24H,5,7-9,12H2,1-2H3/t16-/m1/s1. The maximum Gasteiger partial charge on any atom is 0.260 e. The second-order valence-electron chi connectivity index (χ2n) is 8.87. The summed E-state index contributed by atoms with van der Waals surface area (Å²) in [5.74, 6) is 0. The molecule has 0 radical (unpaired) electrons. The molecule has 0 amide bonds. The summed E-state index contributed by atoms with van der Waals surface area (Å²) in [4.78, 5) is 22.5. The number of piperidine rings is 1. The van der Waals surface area contributed by atoms with Gasteiger partial charge >= 0.3 is 0 Å². The third-order valence-corrected chi connectivity index (χ3v) is 6.63. The van der Waals surface area contributed by atoms with E-state index in [1.807, 2.05) is 55.1 Å². The van der Waals surface area contributed by atoms with Crippen LogP contribution in [0.2, 0.25) is 0 Å². The summed E-state index contributed by atoms with van der Waals surface area (Å²) in [7, 11) is 0. The molecule has 7 heteroatoms. The van der Waals surface area contributed by atoms with Crippen molar-refractivity contribution in [3.8, 4) is 11.4 Å². The first-order chi connectivity index (χ1) is 14.5. The van der Waals surface area contributed by atoms with Crippen molar-refractivity contribution < 1.29 is 0 Å². The van der Waals surface area contributed by atoms with Gasteiger partial charge in [0.15, 0.2) is 5.65 Å². The van der Waals surface area contributed by atoms with Gasteiger partial charge in [0.25, 0.3) is 5.56 Å². The molecule has 0 unspecified atom stereocenters. The fraction of sp³-hybridized carbons (Fsp3) is 0.391. The summed E-state index contributed by atoms with van der Waals surface area (Å²) in [5.41, 5.74) is 5.42. The van der Waals surface area contributed by atoms with Crippen LogP contribution >= 0.6 is 0 Å². The molecule has 1 atom stereocenters. The zero-order chi connectivity index (χ0) is 20.5. The second-order valence-corrected chi connectivity index (χ2v) is 8.87. The summed E-state index contributed by atoms with van der Waals surface area (Å²) in [6.07, 6.45) is 8.32. The lowest BCUT2D eigenvalue weighted by Crippen LogP contribution is -2.42. The molecule has 1 aliphatic heterocycles.